The Labute approximate surface area is 92.3 Å². The molecule has 2 heteroatoms. The molecule has 1 aliphatic rings. The van der Waals surface area contributed by atoms with Crippen molar-refractivity contribution in [3.8, 4) is 0 Å². The van der Waals surface area contributed by atoms with Gasteiger partial charge in [-0.05, 0) is 50.4 Å². The van der Waals surface area contributed by atoms with E-state index >= 15 is 0 Å². The fraction of sp³-hybridized carbons (Fsp3) is 0.615. The lowest BCUT2D eigenvalue weighted by atomic mass is 9.99. The number of aromatic nitrogens is 1. The van der Waals surface area contributed by atoms with Crippen LogP contribution in [0.3, 0.4) is 0 Å². The van der Waals surface area contributed by atoms with Crippen LogP contribution in [0.4, 0.5) is 0 Å². The highest BCUT2D eigenvalue weighted by atomic mass is 15.1. The maximum absolute atomic E-state index is 4.33. The first-order chi connectivity index (χ1) is 7.24. The van der Waals surface area contributed by atoms with Gasteiger partial charge in [-0.2, -0.15) is 0 Å². The lowest BCUT2D eigenvalue weighted by Gasteiger charge is -2.30. The molecule has 0 spiro atoms. The minimum Gasteiger partial charge on any atom is -0.299 e. The van der Waals surface area contributed by atoms with Gasteiger partial charge in [0, 0.05) is 18.4 Å². The summed E-state index contributed by atoms with van der Waals surface area (Å²) in [6.45, 7) is 7.95. The van der Waals surface area contributed by atoms with Crippen molar-refractivity contribution in [3.63, 3.8) is 0 Å². The van der Waals surface area contributed by atoms with Crippen LogP contribution in [0.2, 0.25) is 0 Å². The molecule has 0 radical (unpaired) electrons. The highest BCUT2D eigenvalue weighted by Gasteiger charge is 2.15. The molecule has 82 valence electrons. The van der Waals surface area contributed by atoms with Crippen molar-refractivity contribution in [2.75, 3.05) is 13.1 Å². The highest BCUT2D eigenvalue weighted by Crippen LogP contribution is 2.17. The van der Waals surface area contributed by atoms with E-state index in [1.807, 2.05) is 13.1 Å². The van der Waals surface area contributed by atoms with Gasteiger partial charge in [0.25, 0.3) is 0 Å². The van der Waals surface area contributed by atoms with Crippen molar-refractivity contribution >= 4 is 0 Å². The molecular formula is C13H20N2. The summed E-state index contributed by atoms with van der Waals surface area (Å²) in [5.74, 6) is 0.914. The predicted molar refractivity (Wildman–Crippen MR) is 62.6 cm³/mol. The molecular weight excluding hydrogens is 184 g/mol. The number of hydrogen-bond donors (Lipinski definition) is 0. The molecule has 0 aliphatic carbocycles. The lowest BCUT2D eigenvalue weighted by molar-refractivity contribution is 0.185. The number of likely N-dealkylation sites (tertiary alicyclic amines) is 1. The van der Waals surface area contributed by atoms with Gasteiger partial charge in [-0.25, -0.2) is 0 Å². The molecule has 1 aromatic rings. The van der Waals surface area contributed by atoms with Crippen molar-refractivity contribution in [1.82, 2.24) is 9.88 Å². The van der Waals surface area contributed by atoms with Crippen LogP contribution in [0.1, 0.15) is 31.0 Å². The molecule has 0 unspecified atom stereocenters. The normalized spacial score (nSPS) is 19.3. The average molecular weight is 204 g/mol. The van der Waals surface area contributed by atoms with Crippen LogP contribution in [0.15, 0.2) is 18.3 Å². The van der Waals surface area contributed by atoms with Crippen LogP contribution in [-0.4, -0.2) is 23.0 Å². The first-order valence-electron chi connectivity index (χ1n) is 5.88. The van der Waals surface area contributed by atoms with E-state index in [2.05, 4.69) is 28.9 Å². The summed E-state index contributed by atoms with van der Waals surface area (Å²) in [4.78, 5) is 6.87. The molecule has 2 rings (SSSR count). The lowest BCUT2D eigenvalue weighted by Crippen LogP contribution is -2.32. The van der Waals surface area contributed by atoms with Crippen LogP contribution in [0.5, 0.6) is 0 Å². The first kappa shape index (κ1) is 10.6. The third kappa shape index (κ3) is 3.03. The minimum atomic E-state index is 0.914. The van der Waals surface area contributed by atoms with Crippen LogP contribution in [0.25, 0.3) is 0 Å². The van der Waals surface area contributed by atoms with Gasteiger partial charge in [-0.1, -0.05) is 13.0 Å². The highest BCUT2D eigenvalue weighted by molar-refractivity contribution is 5.13. The number of nitrogens with zero attached hydrogens (tertiary/aromatic N) is 2. The van der Waals surface area contributed by atoms with Gasteiger partial charge < -0.3 is 0 Å². The van der Waals surface area contributed by atoms with Crippen molar-refractivity contribution < 1.29 is 0 Å². The van der Waals surface area contributed by atoms with Gasteiger partial charge in [-0.3, -0.25) is 9.88 Å². The van der Waals surface area contributed by atoms with E-state index in [-0.39, 0.29) is 0 Å². The van der Waals surface area contributed by atoms with Crippen molar-refractivity contribution in [1.29, 1.82) is 0 Å². The zero-order chi connectivity index (χ0) is 10.7. The smallest absolute Gasteiger partial charge is 0.0372 e. The Morgan fingerprint density at radius 2 is 2.07 bits per heavy atom. The topological polar surface area (TPSA) is 16.1 Å². The van der Waals surface area contributed by atoms with Gasteiger partial charge in [0.2, 0.25) is 0 Å². The van der Waals surface area contributed by atoms with Gasteiger partial charge in [0.05, 0.1) is 0 Å². The Balaban J connectivity index is 1.89. The second-order valence-electron chi connectivity index (χ2n) is 4.77. The molecule has 0 bridgehead atoms. The van der Waals surface area contributed by atoms with Crippen LogP contribution in [0, 0.1) is 12.8 Å². The van der Waals surface area contributed by atoms with E-state index in [0.29, 0.717) is 0 Å². The Bertz CT molecular complexity index is 297. The molecule has 1 saturated heterocycles. The number of pyridine rings is 1. The molecule has 2 heterocycles. The van der Waals surface area contributed by atoms with E-state index in [1.54, 1.807) is 0 Å². The summed E-state index contributed by atoms with van der Waals surface area (Å²) >= 11 is 0. The zero-order valence-electron chi connectivity index (χ0n) is 9.74. The SMILES string of the molecule is Cc1ccc(CN2CCC(C)CC2)cn1. The van der Waals surface area contributed by atoms with Crippen molar-refractivity contribution in [2.45, 2.75) is 33.2 Å². The van der Waals surface area contributed by atoms with Crippen LogP contribution in [-0.2, 0) is 6.54 Å². The second kappa shape index (κ2) is 4.75. The largest absolute Gasteiger partial charge is 0.299 e. The molecule has 15 heavy (non-hydrogen) atoms. The molecule has 0 saturated carbocycles. The molecule has 0 N–H and O–H groups in total. The minimum absolute atomic E-state index is 0.914. The molecule has 2 nitrogen and oxygen atoms in total. The molecule has 0 amide bonds. The van der Waals surface area contributed by atoms with Crippen LogP contribution < -0.4 is 0 Å². The number of hydrogen-bond acceptors (Lipinski definition) is 2. The zero-order valence-corrected chi connectivity index (χ0v) is 9.74. The van der Waals surface area contributed by atoms with Crippen LogP contribution >= 0.6 is 0 Å². The van der Waals surface area contributed by atoms with E-state index < -0.39 is 0 Å². The monoisotopic (exact) mass is 204 g/mol. The maximum atomic E-state index is 4.33. The summed E-state index contributed by atoms with van der Waals surface area (Å²) in [6, 6.07) is 4.29. The Morgan fingerprint density at radius 3 is 2.67 bits per heavy atom. The molecule has 1 fully saturated rings. The van der Waals surface area contributed by atoms with E-state index in [9.17, 15) is 0 Å². The summed E-state index contributed by atoms with van der Waals surface area (Å²) in [7, 11) is 0. The average Bonchev–Trinajstić information content (AvgIpc) is 2.25. The van der Waals surface area contributed by atoms with Gasteiger partial charge in [-0.15, -0.1) is 0 Å². The van der Waals surface area contributed by atoms with Gasteiger partial charge >= 0.3 is 0 Å². The van der Waals surface area contributed by atoms with Crippen molar-refractivity contribution in [2.24, 2.45) is 5.92 Å². The fourth-order valence-electron chi connectivity index (χ4n) is 2.07. The van der Waals surface area contributed by atoms with Crippen molar-refractivity contribution in [3.05, 3.63) is 29.6 Å². The summed E-state index contributed by atoms with van der Waals surface area (Å²) in [6.07, 6.45) is 4.70. The van der Waals surface area contributed by atoms with Gasteiger partial charge in [0.15, 0.2) is 0 Å². The summed E-state index contributed by atoms with van der Waals surface area (Å²) in [5, 5.41) is 0. The third-order valence-corrected chi connectivity index (χ3v) is 3.26. The molecule has 1 aliphatic heterocycles. The standard InChI is InChI=1S/C13H20N2/c1-11-5-7-15(8-6-11)10-13-4-3-12(2)14-9-13/h3-4,9,11H,5-8,10H2,1-2H3. The Kier molecular flexibility index (Phi) is 3.37. The van der Waals surface area contributed by atoms with Gasteiger partial charge in [0.1, 0.15) is 0 Å². The maximum Gasteiger partial charge on any atom is 0.0372 e. The Morgan fingerprint density at radius 1 is 1.33 bits per heavy atom. The number of rotatable bonds is 2. The van der Waals surface area contributed by atoms with E-state index in [1.165, 1.54) is 31.5 Å². The fourth-order valence-corrected chi connectivity index (χ4v) is 2.07. The van der Waals surface area contributed by atoms with E-state index in [4.69, 9.17) is 0 Å². The van der Waals surface area contributed by atoms with E-state index in [0.717, 1.165) is 18.2 Å². The molecule has 0 aromatic carbocycles. The number of piperidine rings is 1. The predicted octanol–water partition coefficient (Wildman–Crippen LogP) is 2.62. The third-order valence-electron chi connectivity index (χ3n) is 3.26. The summed E-state index contributed by atoms with van der Waals surface area (Å²) < 4.78 is 0. The quantitative estimate of drug-likeness (QED) is 0.736. The number of aryl methyl sites for hydroxylation is 1. The first-order valence-corrected chi connectivity index (χ1v) is 5.88. The Hall–Kier alpha value is -0.890. The molecule has 0 atom stereocenters. The summed E-state index contributed by atoms with van der Waals surface area (Å²) in [5.41, 5.74) is 2.45. The second-order valence-corrected chi connectivity index (χ2v) is 4.77. The molecule has 1 aromatic heterocycles.